The zero-order chi connectivity index (χ0) is 19.5. The molecule has 1 aromatic carbocycles. The molecule has 0 aliphatic carbocycles. The van der Waals surface area contributed by atoms with Crippen LogP contribution in [0, 0.1) is 0 Å². The lowest BCUT2D eigenvalue weighted by Crippen LogP contribution is -2.48. The molecule has 8 heteroatoms. The molecule has 2 aromatic heterocycles. The number of carbonyl (C=O) groups is 2. The number of aromatic nitrogens is 3. The van der Waals surface area contributed by atoms with E-state index in [1.807, 2.05) is 6.07 Å². The number of benzene rings is 1. The van der Waals surface area contributed by atoms with Crippen LogP contribution in [0.15, 0.2) is 53.3 Å². The average Bonchev–Trinajstić information content (AvgIpc) is 3.16. The lowest BCUT2D eigenvalue weighted by atomic mass is 9.98. The van der Waals surface area contributed by atoms with Crippen LogP contribution in [-0.2, 0) is 4.79 Å². The maximum absolute atomic E-state index is 12.3. The summed E-state index contributed by atoms with van der Waals surface area (Å²) in [7, 11) is 0. The SMILES string of the molecule is O=C(CCC(=O)N1CC(c2nc(-c3cccnc3)no2)C1)c1ccc(Cl)cc1. The Balaban J connectivity index is 1.27. The predicted molar refractivity (Wildman–Crippen MR) is 102 cm³/mol. The first-order valence-electron chi connectivity index (χ1n) is 8.90. The molecule has 0 unspecified atom stereocenters. The van der Waals surface area contributed by atoms with Crippen molar-refractivity contribution in [1.82, 2.24) is 20.0 Å². The maximum atomic E-state index is 12.3. The number of carbonyl (C=O) groups excluding carboxylic acids is 2. The molecule has 3 heterocycles. The first kappa shape index (κ1) is 18.3. The van der Waals surface area contributed by atoms with Crippen molar-refractivity contribution in [1.29, 1.82) is 0 Å². The van der Waals surface area contributed by atoms with Crippen molar-refractivity contribution in [3.05, 3.63) is 65.3 Å². The second kappa shape index (κ2) is 7.90. The van der Waals surface area contributed by atoms with Crippen molar-refractivity contribution in [2.45, 2.75) is 18.8 Å². The van der Waals surface area contributed by atoms with Crippen molar-refractivity contribution in [3.8, 4) is 11.4 Å². The molecule has 28 heavy (non-hydrogen) atoms. The third kappa shape index (κ3) is 3.94. The quantitative estimate of drug-likeness (QED) is 0.593. The van der Waals surface area contributed by atoms with E-state index in [1.165, 1.54) is 0 Å². The number of halogens is 1. The van der Waals surface area contributed by atoms with Crippen molar-refractivity contribution in [2.24, 2.45) is 0 Å². The molecule has 1 saturated heterocycles. The molecule has 0 atom stereocenters. The summed E-state index contributed by atoms with van der Waals surface area (Å²) in [4.78, 5) is 34.6. The smallest absolute Gasteiger partial charge is 0.233 e. The topological polar surface area (TPSA) is 89.2 Å². The van der Waals surface area contributed by atoms with Crippen LogP contribution in [0.5, 0.6) is 0 Å². The summed E-state index contributed by atoms with van der Waals surface area (Å²) in [6.07, 6.45) is 3.70. The standard InChI is InChI=1S/C20H17ClN4O3/c21-16-5-3-13(4-6-16)17(26)7-8-18(27)25-11-15(12-25)20-23-19(24-28-20)14-2-1-9-22-10-14/h1-6,9-10,15H,7-8,11-12H2. The van der Waals surface area contributed by atoms with Crippen molar-refractivity contribution < 1.29 is 14.1 Å². The number of hydrogen-bond acceptors (Lipinski definition) is 6. The van der Waals surface area contributed by atoms with Gasteiger partial charge in [0, 0.05) is 54.5 Å². The Kier molecular flexibility index (Phi) is 5.16. The van der Waals surface area contributed by atoms with E-state index in [-0.39, 0.29) is 30.4 Å². The van der Waals surface area contributed by atoms with Gasteiger partial charge in [-0.3, -0.25) is 14.6 Å². The molecule has 0 bridgehead atoms. The number of ketones is 1. The largest absolute Gasteiger partial charge is 0.341 e. The van der Waals surface area contributed by atoms with Gasteiger partial charge in [-0.15, -0.1) is 0 Å². The minimum atomic E-state index is -0.0693. The summed E-state index contributed by atoms with van der Waals surface area (Å²) in [5.74, 6) is 0.904. The summed E-state index contributed by atoms with van der Waals surface area (Å²) >= 11 is 5.82. The Morgan fingerprint density at radius 1 is 1.14 bits per heavy atom. The zero-order valence-corrected chi connectivity index (χ0v) is 15.7. The van der Waals surface area contributed by atoms with Gasteiger partial charge in [0.15, 0.2) is 5.78 Å². The zero-order valence-electron chi connectivity index (χ0n) is 14.9. The maximum Gasteiger partial charge on any atom is 0.233 e. The Morgan fingerprint density at radius 3 is 2.64 bits per heavy atom. The van der Waals surface area contributed by atoms with E-state index in [1.54, 1.807) is 47.6 Å². The van der Waals surface area contributed by atoms with E-state index in [4.69, 9.17) is 16.1 Å². The Bertz CT molecular complexity index is 982. The molecular formula is C20H17ClN4O3. The summed E-state index contributed by atoms with van der Waals surface area (Å²) in [6.45, 7) is 1.03. The lowest BCUT2D eigenvalue weighted by molar-refractivity contribution is -0.135. The predicted octanol–water partition coefficient (Wildman–Crippen LogP) is 3.37. The number of Topliss-reactive ketones (excluding diaryl/α,β-unsaturated/α-hetero) is 1. The van der Waals surface area contributed by atoms with Gasteiger partial charge in [-0.2, -0.15) is 4.98 Å². The van der Waals surface area contributed by atoms with Crippen LogP contribution < -0.4 is 0 Å². The molecule has 0 radical (unpaired) electrons. The van der Waals surface area contributed by atoms with Crippen LogP contribution in [0.4, 0.5) is 0 Å². The second-order valence-corrected chi connectivity index (χ2v) is 7.06. The number of pyridine rings is 1. The summed E-state index contributed by atoms with van der Waals surface area (Å²) in [5, 5.41) is 4.55. The van der Waals surface area contributed by atoms with Gasteiger partial charge >= 0.3 is 0 Å². The van der Waals surface area contributed by atoms with Gasteiger partial charge in [0.25, 0.3) is 0 Å². The van der Waals surface area contributed by atoms with Crippen LogP contribution in [-0.4, -0.2) is 44.8 Å². The van der Waals surface area contributed by atoms with Gasteiger partial charge in [0.1, 0.15) is 0 Å². The minimum absolute atomic E-state index is 0.0221. The van der Waals surface area contributed by atoms with E-state index in [9.17, 15) is 9.59 Å². The number of amides is 1. The van der Waals surface area contributed by atoms with Crippen molar-refractivity contribution in [2.75, 3.05) is 13.1 Å². The number of rotatable bonds is 6. The molecule has 1 fully saturated rings. The highest BCUT2D eigenvalue weighted by atomic mass is 35.5. The Morgan fingerprint density at radius 2 is 1.93 bits per heavy atom. The molecule has 7 nitrogen and oxygen atoms in total. The molecule has 142 valence electrons. The fraction of sp³-hybridized carbons (Fsp3) is 0.250. The number of hydrogen-bond donors (Lipinski definition) is 0. The summed E-state index contributed by atoms with van der Waals surface area (Å²) in [6, 6.07) is 10.3. The number of nitrogens with zero attached hydrogens (tertiary/aromatic N) is 4. The van der Waals surface area contributed by atoms with E-state index in [2.05, 4.69) is 15.1 Å². The summed E-state index contributed by atoms with van der Waals surface area (Å²) < 4.78 is 5.32. The highest BCUT2D eigenvalue weighted by Crippen LogP contribution is 2.28. The van der Waals surface area contributed by atoms with Crippen LogP contribution in [0.2, 0.25) is 5.02 Å². The van der Waals surface area contributed by atoms with Gasteiger partial charge in [-0.1, -0.05) is 16.8 Å². The summed E-state index contributed by atoms with van der Waals surface area (Å²) in [5.41, 5.74) is 1.35. The van der Waals surface area contributed by atoms with Crippen LogP contribution in [0.3, 0.4) is 0 Å². The molecular weight excluding hydrogens is 380 g/mol. The minimum Gasteiger partial charge on any atom is -0.341 e. The molecule has 1 amide bonds. The lowest BCUT2D eigenvalue weighted by Gasteiger charge is -2.37. The van der Waals surface area contributed by atoms with Gasteiger partial charge in [0.2, 0.25) is 17.6 Å². The average molecular weight is 397 g/mol. The fourth-order valence-electron chi connectivity index (χ4n) is 3.01. The monoisotopic (exact) mass is 396 g/mol. The van der Waals surface area contributed by atoms with Crippen molar-refractivity contribution >= 4 is 23.3 Å². The van der Waals surface area contributed by atoms with Gasteiger partial charge in [0.05, 0.1) is 5.92 Å². The normalized spacial score (nSPS) is 14.0. The molecule has 1 aliphatic heterocycles. The molecule has 0 N–H and O–H groups in total. The molecule has 0 spiro atoms. The molecule has 4 rings (SSSR count). The first-order chi connectivity index (χ1) is 13.6. The third-order valence-corrected chi connectivity index (χ3v) is 4.93. The van der Waals surface area contributed by atoms with Gasteiger partial charge in [-0.05, 0) is 36.4 Å². The molecule has 1 aliphatic rings. The third-order valence-electron chi connectivity index (χ3n) is 4.68. The Labute approximate surface area is 166 Å². The van der Waals surface area contributed by atoms with Crippen molar-refractivity contribution in [3.63, 3.8) is 0 Å². The van der Waals surface area contributed by atoms with Gasteiger partial charge in [-0.25, -0.2) is 0 Å². The molecule has 0 saturated carbocycles. The number of likely N-dealkylation sites (tertiary alicyclic amines) is 1. The van der Waals surface area contributed by atoms with E-state index >= 15 is 0 Å². The van der Waals surface area contributed by atoms with E-state index < -0.39 is 0 Å². The van der Waals surface area contributed by atoms with Crippen LogP contribution >= 0.6 is 11.6 Å². The highest BCUT2D eigenvalue weighted by molar-refractivity contribution is 6.30. The Hall–Kier alpha value is -3.06. The first-order valence-corrected chi connectivity index (χ1v) is 9.28. The van der Waals surface area contributed by atoms with Gasteiger partial charge < -0.3 is 9.42 Å². The highest BCUT2D eigenvalue weighted by Gasteiger charge is 2.35. The molecule has 3 aromatic rings. The second-order valence-electron chi connectivity index (χ2n) is 6.62. The fourth-order valence-corrected chi connectivity index (χ4v) is 3.14. The van der Waals surface area contributed by atoms with E-state index in [0.717, 1.165) is 5.56 Å². The van der Waals surface area contributed by atoms with E-state index in [0.29, 0.717) is 35.4 Å². The van der Waals surface area contributed by atoms with Crippen LogP contribution in [0.1, 0.15) is 35.0 Å². The van der Waals surface area contributed by atoms with Crippen LogP contribution in [0.25, 0.3) is 11.4 Å².